The summed E-state index contributed by atoms with van der Waals surface area (Å²) >= 11 is 1.49. The van der Waals surface area contributed by atoms with E-state index in [9.17, 15) is 4.79 Å². The zero-order valence-corrected chi connectivity index (χ0v) is 12.2. The van der Waals surface area contributed by atoms with Crippen LogP contribution in [0.25, 0.3) is 5.69 Å². The third-order valence-corrected chi connectivity index (χ3v) is 3.70. The average molecular weight is 299 g/mol. The lowest BCUT2D eigenvalue weighted by Crippen LogP contribution is -2.14. The van der Waals surface area contributed by atoms with E-state index in [4.69, 9.17) is 0 Å². The first-order chi connectivity index (χ1) is 10.3. The Morgan fingerprint density at radius 2 is 2.19 bits per heavy atom. The number of anilines is 1. The number of amides is 1. The van der Waals surface area contributed by atoms with Crippen molar-refractivity contribution in [3.05, 3.63) is 52.5 Å². The molecule has 0 saturated carbocycles. The van der Waals surface area contributed by atoms with Crippen molar-refractivity contribution in [3.8, 4) is 5.69 Å². The third kappa shape index (κ3) is 2.68. The van der Waals surface area contributed by atoms with Gasteiger partial charge in [-0.2, -0.15) is 16.0 Å². The van der Waals surface area contributed by atoms with Gasteiger partial charge in [-0.15, -0.1) is 5.10 Å². The van der Waals surface area contributed by atoms with Crippen LogP contribution in [-0.2, 0) is 6.42 Å². The van der Waals surface area contributed by atoms with Crippen molar-refractivity contribution in [1.82, 2.24) is 20.2 Å². The molecule has 0 saturated heterocycles. The maximum Gasteiger partial charge on any atom is 0.256 e. The summed E-state index contributed by atoms with van der Waals surface area (Å²) in [7, 11) is 0. The van der Waals surface area contributed by atoms with Crippen molar-refractivity contribution in [2.45, 2.75) is 13.3 Å². The van der Waals surface area contributed by atoms with Crippen LogP contribution in [-0.4, -0.2) is 26.1 Å². The predicted molar refractivity (Wildman–Crippen MR) is 80.8 cm³/mol. The number of nitrogens with one attached hydrogen (secondary N) is 1. The molecule has 1 aromatic carbocycles. The van der Waals surface area contributed by atoms with Gasteiger partial charge in [0, 0.05) is 11.8 Å². The fraction of sp³-hybridized carbons (Fsp3) is 0.143. The molecule has 0 unspecified atom stereocenters. The van der Waals surface area contributed by atoms with E-state index in [1.165, 1.54) is 11.3 Å². The zero-order chi connectivity index (χ0) is 14.7. The van der Waals surface area contributed by atoms with Crippen molar-refractivity contribution >= 4 is 22.9 Å². The van der Waals surface area contributed by atoms with Gasteiger partial charge >= 0.3 is 0 Å². The van der Waals surface area contributed by atoms with Crippen LogP contribution in [0.4, 0.5) is 5.69 Å². The van der Waals surface area contributed by atoms with E-state index in [2.05, 4.69) is 20.8 Å². The van der Waals surface area contributed by atoms with Gasteiger partial charge in [0.05, 0.1) is 16.9 Å². The molecule has 0 spiro atoms. The van der Waals surface area contributed by atoms with Crippen molar-refractivity contribution < 1.29 is 4.79 Å². The van der Waals surface area contributed by atoms with Gasteiger partial charge in [0.1, 0.15) is 0 Å². The molecule has 21 heavy (non-hydrogen) atoms. The molecule has 0 aliphatic rings. The van der Waals surface area contributed by atoms with E-state index in [0.29, 0.717) is 17.7 Å². The Morgan fingerprint density at radius 1 is 1.33 bits per heavy atom. The summed E-state index contributed by atoms with van der Waals surface area (Å²) < 4.78 is 1.64. The standard InChI is InChI=1S/C14H13N5OS/c1-2-13-16-17-18-19(13)12-6-4-3-5-11(12)15-14(20)10-7-8-21-9-10/h3-9H,2H2,1H3,(H,15,20). The number of hydrogen-bond donors (Lipinski definition) is 1. The second kappa shape index (κ2) is 5.84. The molecule has 0 aliphatic heterocycles. The van der Waals surface area contributed by atoms with Crippen molar-refractivity contribution in [1.29, 1.82) is 0 Å². The highest BCUT2D eigenvalue weighted by Gasteiger charge is 2.13. The molecular weight excluding hydrogens is 286 g/mol. The highest BCUT2D eigenvalue weighted by molar-refractivity contribution is 7.08. The van der Waals surface area contributed by atoms with Crippen molar-refractivity contribution in [2.75, 3.05) is 5.32 Å². The van der Waals surface area contributed by atoms with E-state index < -0.39 is 0 Å². The number of benzene rings is 1. The van der Waals surface area contributed by atoms with Crippen LogP contribution < -0.4 is 5.32 Å². The second-order valence-corrected chi connectivity index (χ2v) is 5.12. The third-order valence-electron chi connectivity index (χ3n) is 3.01. The van der Waals surface area contributed by atoms with Crippen LogP contribution in [0.5, 0.6) is 0 Å². The normalized spacial score (nSPS) is 10.5. The Balaban J connectivity index is 1.95. The average Bonchev–Trinajstić information content (AvgIpc) is 3.19. The monoisotopic (exact) mass is 299 g/mol. The summed E-state index contributed by atoms with van der Waals surface area (Å²) in [6, 6.07) is 9.25. The number of para-hydroxylation sites is 2. The number of carbonyl (C=O) groups is 1. The highest BCUT2D eigenvalue weighted by Crippen LogP contribution is 2.21. The quantitative estimate of drug-likeness (QED) is 0.803. The van der Waals surface area contributed by atoms with Gasteiger partial charge in [-0.05, 0) is 34.0 Å². The summed E-state index contributed by atoms with van der Waals surface area (Å²) in [4.78, 5) is 12.2. The SMILES string of the molecule is CCc1nnnn1-c1ccccc1NC(=O)c1ccsc1. The van der Waals surface area contributed by atoms with Gasteiger partial charge < -0.3 is 5.32 Å². The molecule has 6 nitrogen and oxygen atoms in total. The fourth-order valence-corrected chi connectivity index (χ4v) is 2.60. The summed E-state index contributed by atoms with van der Waals surface area (Å²) in [5, 5.41) is 18.2. The lowest BCUT2D eigenvalue weighted by Gasteiger charge is -2.11. The van der Waals surface area contributed by atoms with Crippen molar-refractivity contribution in [3.63, 3.8) is 0 Å². The number of nitrogens with zero attached hydrogens (tertiary/aromatic N) is 4. The van der Waals surface area contributed by atoms with Crippen LogP contribution in [0, 0.1) is 0 Å². The molecule has 2 aromatic heterocycles. The minimum atomic E-state index is -0.144. The van der Waals surface area contributed by atoms with Crippen LogP contribution in [0.3, 0.4) is 0 Å². The molecule has 2 heterocycles. The number of carbonyl (C=O) groups excluding carboxylic acids is 1. The van der Waals surface area contributed by atoms with E-state index in [1.807, 2.05) is 41.9 Å². The summed E-state index contributed by atoms with van der Waals surface area (Å²) in [5.74, 6) is 0.599. The molecule has 0 atom stereocenters. The molecular formula is C14H13N5OS. The number of tetrazole rings is 1. The topological polar surface area (TPSA) is 72.7 Å². The zero-order valence-electron chi connectivity index (χ0n) is 11.4. The Hall–Kier alpha value is -2.54. The first-order valence-corrected chi connectivity index (χ1v) is 7.44. The number of aromatic nitrogens is 4. The maximum absolute atomic E-state index is 12.2. The summed E-state index contributed by atoms with van der Waals surface area (Å²) in [5.41, 5.74) is 2.07. The fourth-order valence-electron chi connectivity index (χ4n) is 1.97. The van der Waals surface area contributed by atoms with E-state index >= 15 is 0 Å². The lowest BCUT2D eigenvalue weighted by atomic mass is 10.2. The molecule has 106 valence electrons. The Labute approximate surface area is 125 Å². The number of aryl methyl sites for hydroxylation is 1. The number of rotatable bonds is 4. The van der Waals surface area contributed by atoms with Crippen LogP contribution in [0.15, 0.2) is 41.1 Å². The number of thiophene rings is 1. The van der Waals surface area contributed by atoms with Gasteiger partial charge in [0.2, 0.25) is 0 Å². The molecule has 1 N–H and O–H groups in total. The maximum atomic E-state index is 12.2. The summed E-state index contributed by atoms with van der Waals surface area (Å²) in [6.07, 6.45) is 0.708. The summed E-state index contributed by atoms with van der Waals surface area (Å²) in [6.45, 7) is 1.98. The van der Waals surface area contributed by atoms with Crippen LogP contribution in [0.1, 0.15) is 23.1 Å². The molecule has 0 fully saturated rings. The largest absolute Gasteiger partial charge is 0.320 e. The van der Waals surface area contributed by atoms with E-state index in [1.54, 1.807) is 10.7 Å². The molecule has 0 radical (unpaired) electrons. The van der Waals surface area contributed by atoms with Gasteiger partial charge in [0.15, 0.2) is 5.82 Å². The second-order valence-electron chi connectivity index (χ2n) is 4.34. The Bertz CT molecular complexity index is 750. The minimum absolute atomic E-state index is 0.144. The van der Waals surface area contributed by atoms with Crippen LogP contribution >= 0.6 is 11.3 Å². The molecule has 3 rings (SSSR count). The van der Waals surface area contributed by atoms with Gasteiger partial charge in [-0.25, -0.2) is 0 Å². The smallest absolute Gasteiger partial charge is 0.256 e. The first kappa shape index (κ1) is 13.4. The van der Waals surface area contributed by atoms with Gasteiger partial charge in [-0.1, -0.05) is 19.1 Å². The number of hydrogen-bond acceptors (Lipinski definition) is 5. The van der Waals surface area contributed by atoms with Crippen LogP contribution in [0.2, 0.25) is 0 Å². The lowest BCUT2D eigenvalue weighted by molar-refractivity contribution is 0.102. The molecule has 1 amide bonds. The minimum Gasteiger partial charge on any atom is -0.320 e. The highest BCUT2D eigenvalue weighted by atomic mass is 32.1. The molecule has 0 bridgehead atoms. The van der Waals surface area contributed by atoms with E-state index in [-0.39, 0.29) is 5.91 Å². The molecule has 0 aliphatic carbocycles. The Morgan fingerprint density at radius 3 is 2.95 bits per heavy atom. The molecule has 7 heteroatoms. The Kier molecular flexibility index (Phi) is 3.74. The van der Waals surface area contributed by atoms with Gasteiger partial charge in [-0.3, -0.25) is 4.79 Å². The first-order valence-electron chi connectivity index (χ1n) is 6.50. The van der Waals surface area contributed by atoms with Gasteiger partial charge in [0.25, 0.3) is 5.91 Å². The molecule has 3 aromatic rings. The van der Waals surface area contributed by atoms with E-state index in [0.717, 1.165) is 11.5 Å². The predicted octanol–water partition coefficient (Wildman–Crippen LogP) is 2.54. The van der Waals surface area contributed by atoms with Crippen molar-refractivity contribution in [2.24, 2.45) is 0 Å².